The molecule has 1 aliphatic rings. The molecule has 1 aromatic carbocycles. The molecule has 5 rings (SSSR count). The molecule has 39 heavy (non-hydrogen) atoms. The van der Waals surface area contributed by atoms with E-state index in [1.165, 1.54) is 6.20 Å². The molecule has 9 nitrogen and oxygen atoms in total. The van der Waals surface area contributed by atoms with E-state index in [0.29, 0.717) is 11.6 Å². The van der Waals surface area contributed by atoms with Crippen molar-refractivity contribution in [2.75, 3.05) is 16.8 Å². The summed E-state index contributed by atoms with van der Waals surface area (Å²) in [6, 6.07) is 1.79. The van der Waals surface area contributed by atoms with Crippen molar-refractivity contribution in [3.63, 3.8) is 0 Å². The van der Waals surface area contributed by atoms with Gasteiger partial charge in [0.15, 0.2) is 5.82 Å². The van der Waals surface area contributed by atoms with Crippen LogP contribution in [0.1, 0.15) is 53.8 Å². The molecule has 4 aromatic rings. The van der Waals surface area contributed by atoms with Crippen LogP contribution in [0.5, 0.6) is 0 Å². The van der Waals surface area contributed by atoms with Gasteiger partial charge in [-0.25, -0.2) is 28.1 Å². The van der Waals surface area contributed by atoms with E-state index in [9.17, 15) is 18.0 Å². The van der Waals surface area contributed by atoms with Gasteiger partial charge in [-0.2, -0.15) is 5.10 Å². The summed E-state index contributed by atoms with van der Waals surface area (Å²) in [5.74, 6) is -1.20. The number of benzene rings is 1. The summed E-state index contributed by atoms with van der Waals surface area (Å²) in [7, 11) is 0. The number of aromatic nitrogens is 6. The van der Waals surface area contributed by atoms with Crippen molar-refractivity contribution in [1.82, 2.24) is 29.7 Å². The molecule has 0 spiro atoms. The Bertz CT molecular complexity index is 1550. The van der Waals surface area contributed by atoms with Crippen LogP contribution in [-0.2, 0) is 0 Å². The molecule has 1 atom stereocenters. The van der Waals surface area contributed by atoms with Gasteiger partial charge in [0.05, 0.1) is 46.0 Å². The number of hydrogen-bond donors (Lipinski definition) is 1. The maximum atomic E-state index is 14.7. The summed E-state index contributed by atoms with van der Waals surface area (Å²) < 4.78 is 43.3. The molecule has 200 valence electrons. The van der Waals surface area contributed by atoms with E-state index in [2.05, 4.69) is 30.4 Å². The number of amides is 1. The average Bonchev–Trinajstić information content (AvgIpc) is 3.58. The van der Waals surface area contributed by atoms with E-state index < -0.39 is 29.3 Å². The Labute approximate surface area is 231 Å². The second-order valence-electron chi connectivity index (χ2n) is 8.72. The molecule has 1 unspecified atom stereocenters. The third kappa shape index (κ3) is 5.45. The molecule has 1 fully saturated rings. The van der Waals surface area contributed by atoms with Crippen molar-refractivity contribution in [3.8, 4) is 11.3 Å². The monoisotopic (exact) mass is 572 g/mol. The minimum atomic E-state index is -2.99. The zero-order chi connectivity index (χ0) is 27.7. The van der Waals surface area contributed by atoms with Gasteiger partial charge in [-0.15, -0.1) is 0 Å². The topological polar surface area (TPSA) is 102 Å². The first-order valence-corrected chi connectivity index (χ1v) is 12.6. The molecular formula is C25H20ClF3N8OS. The SMILES string of the molecule is CC(c1cnc(N2CCCC2=S)nc1)n1cc(NC(=O)c2cncc(-c3c(C(F)F)ccc(Cl)c3F)n2)cn1. The van der Waals surface area contributed by atoms with Gasteiger partial charge in [0, 0.05) is 48.2 Å². The Balaban J connectivity index is 1.31. The van der Waals surface area contributed by atoms with Crippen molar-refractivity contribution < 1.29 is 18.0 Å². The summed E-state index contributed by atoms with van der Waals surface area (Å²) in [4.78, 5) is 32.4. The number of alkyl halides is 2. The summed E-state index contributed by atoms with van der Waals surface area (Å²) in [6.07, 6.45) is 7.52. The Morgan fingerprint density at radius 2 is 1.92 bits per heavy atom. The van der Waals surface area contributed by atoms with E-state index >= 15 is 0 Å². The van der Waals surface area contributed by atoms with Crippen molar-refractivity contribution in [3.05, 3.63) is 77.0 Å². The lowest BCUT2D eigenvalue weighted by Gasteiger charge is -2.17. The van der Waals surface area contributed by atoms with E-state index in [0.717, 1.165) is 54.5 Å². The minimum absolute atomic E-state index is 0.211. The predicted molar refractivity (Wildman–Crippen MR) is 143 cm³/mol. The normalized spacial score (nSPS) is 14.2. The van der Waals surface area contributed by atoms with Crippen molar-refractivity contribution in [2.24, 2.45) is 0 Å². The standard InChI is InChI=1S/C25H20ClF3N8OS/c1-13(14-7-31-25(32-8-14)36-6-2-3-20(36)39)37-12-15(9-33-37)34-24(38)19-11-30-10-18(35-19)21-16(23(28)29)4-5-17(26)22(21)27/h4-5,7-13,23H,2-3,6H2,1H3,(H,34,38). The van der Waals surface area contributed by atoms with Gasteiger partial charge >= 0.3 is 0 Å². The molecule has 1 aliphatic heterocycles. The fourth-order valence-electron chi connectivity index (χ4n) is 4.11. The van der Waals surface area contributed by atoms with Gasteiger partial charge in [-0.05, 0) is 19.4 Å². The van der Waals surface area contributed by atoms with Gasteiger partial charge in [0.25, 0.3) is 12.3 Å². The highest BCUT2D eigenvalue weighted by molar-refractivity contribution is 7.80. The summed E-state index contributed by atoms with van der Waals surface area (Å²) >= 11 is 11.1. The molecule has 4 heterocycles. The molecule has 0 aliphatic carbocycles. The van der Waals surface area contributed by atoms with Crippen LogP contribution < -0.4 is 10.2 Å². The fraction of sp³-hybridized carbons (Fsp3) is 0.240. The average molecular weight is 573 g/mol. The molecule has 0 radical (unpaired) electrons. The Kier molecular flexibility index (Phi) is 7.53. The maximum Gasteiger partial charge on any atom is 0.275 e. The van der Waals surface area contributed by atoms with E-state index in [1.54, 1.807) is 23.3 Å². The van der Waals surface area contributed by atoms with Crippen LogP contribution in [0.3, 0.4) is 0 Å². The van der Waals surface area contributed by atoms with Crippen LogP contribution in [0.15, 0.2) is 49.3 Å². The van der Waals surface area contributed by atoms with E-state index in [1.807, 2.05) is 11.8 Å². The van der Waals surface area contributed by atoms with Crippen molar-refractivity contribution >= 4 is 46.4 Å². The van der Waals surface area contributed by atoms with Gasteiger partial charge in [0.1, 0.15) is 5.69 Å². The lowest BCUT2D eigenvalue weighted by Crippen LogP contribution is -2.24. The highest BCUT2D eigenvalue weighted by atomic mass is 35.5. The first-order chi connectivity index (χ1) is 18.7. The number of rotatable bonds is 7. The zero-order valence-electron chi connectivity index (χ0n) is 20.4. The maximum absolute atomic E-state index is 14.7. The number of nitrogens with one attached hydrogen (secondary N) is 1. The summed E-state index contributed by atoms with van der Waals surface area (Å²) in [6.45, 7) is 2.69. The van der Waals surface area contributed by atoms with Crippen LogP contribution in [0.25, 0.3) is 11.3 Å². The highest BCUT2D eigenvalue weighted by Crippen LogP contribution is 2.35. The van der Waals surface area contributed by atoms with Gasteiger partial charge in [-0.3, -0.25) is 14.5 Å². The van der Waals surface area contributed by atoms with E-state index in [4.69, 9.17) is 23.8 Å². The number of halogens is 4. The smallest absolute Gasteiger partial charge is 0.275 e. The lowest BCUT2D eigenvalue weighted by atomic mass is 10.0. The summed E-state index contributed by atoms with van der Waals surface area (Å²) in [5.41, 5.74) is -0.444. The number of thiocarbonyl (C=S) groups is 1. The van der Waals surface area contributed by atoms with Crippen molar-refractivity contribution in [1.29, 1.82) is 0 Å². The van der Waals surface area contributed by atoms with Crippen LogP contribution in [-0.4, -0.2) is 47.2 Å². The molecule has 1 amide bonds. The third-order valence-corrected chi connectivity index (χ3v) is 6.91. The number of carbonyl (C=O) groups is 1. The molecule has 14 heteroatoms. The third-order valence-electron chi connectivity index (χ3n) is 6.20. The second-order valence-corrected chi connectivity index (χ2v) is 9.60. The van der Waals surface area contributed by atoms with Crippen LogP contribution >= 0.6 is 23.8 Å². The van der Waals surface area contributed by atoms with E-state index in [-0.39, 0.29) is 22.5 Å². The molecule has 1 N–H and O–H groups in total. The second kappa shape index (κ2) is 11.0. The van der Waals surface area contributed by atoms with Gasteiger partial charge < -0.3 is 10.2 Å². The number of nitrogens with zero attached hydrogens (tertiary/aromatic N) is 7. The molecular weight excluding hydrogens is 553 g/mol. The largest absolute Gasteiger partial charge is 0.318 e. The number of anilines is 2. The predicted octanol–water partition coefficient (Wildman–Crippen LogP) is 5.65. The minimum Gasteiger partial charge on any atom is -0.318 e. The number of hydrogen-bond acceptors (Lipinski definition) is 7. The first-order valence-electron chi connectivity index (χ1n) is 11.8. The fourth-order valence-corrected chi connectivity index (χ4v) is 4.59. The highest BCUT2D eigenvalue weighted by Gasteiger charge is 2.24. The van der Waals surface area contributed by atoms with Crippen LogP contribution in [0.2, 0.25) is 5.02 Å². The Hall–Kier alpha value is -3.97. The van der Waals surface area contributed by atoms with Crippen LogP contribution in [0, 0.1) is 5.82 Å². The number of carbonyl (C=O) groups excluding carboxylic acids is 1. The molecule has 0 bridgehead atoms. The molecule has 3 aromatic heterocycles. The molecule has 0 saturated carbocycles. The first kappa shape index (κ1) is 26.6. The van der Waals surface area contributed by atoms with Crippen molar-refractivity contribution in [2.45, 2.75) is 32.2 Å². The van der Waals surface area contributed by atoms with Gasteiger partial charge in [0.2, 0.25) is 5.95 Å². The summed E-state index contributed by atoms with van der Waals surface area (Å²) in [5, 5.41) is 6.58. The van der Waals surface area contributed by atoms with Gasteiger partial charge in [-0.1, -0.05) is 29.9 Å². The van der Waals surface area contributed by atoms with Crippen LogP contribution in [0.4, 0.5) is 24.8 Å². The Morgan fingerprint density at radius 1 is 1.15 bits per heavy atom. The molecule has 1 saturated heterocycles. The lowest BCUT2D eigenvalue weighted by molar-refractivity contribution is 0.102. The Morgan fingerprint density at radius 3 is 2.62 bits per heavy atom. The quantitative estimate of drug-likeness (QED) is 0.284. The zero-order valence-corrected chi connectivity index (χ0v) is 21.9.